The summed E-state index contributed by atoms with van der Waals surface area (Å²) >= 11 is 3.56. The monoisotopic (exact) mass is 437 g/mol. The Morgan fingerprint density at radius 1 is 1.11 bits per heavy atom. The molecule has 142 valence electrons. The molecule has 1 unspecified atom stereocenters. The van der Waals surface area contributed by atoms with Gasteiger partial charge >= 0.3 is 0 Å². The van der Waals surface area contributed by atoms with E-state index in [0.29, 0.717) is 18.5 Å². The van der Waals surface area contributed by atoms with Crippen LogP contribution in [0.2, 0.25) is 0 Å². The average Bonchev–Trinajstić information content (AvgIpc) is 2.82. The van der Waals surface area contributed by atoms with Crippen LogP contribution < -0.4 is 15.5 Å². The number of nitrogens with zero attached hydrogens (tertiary/aromatic N) is 1. The fraction of sp³-hybridized carbons (Fsp3) is 0.273. The molecule has 0 saturated heterocycles. The predicted molar refractivity (Wildman–Crippen MR) is 113 cm³/mol. The summed E-state index contributed by atoms with van der Waals surface area (Å²) in [6.45, 7) is 2.51. The second-order valence-corrected chi connectivity index (χ2v) is 8.30. The first-order valence-corrected chi connectivity index (χ1v) is 10.4. The summed E-state index contributed by atoms with van der Waals surface area (Å²) in [6, 6.07) is 13.7. The molecule has 2 aromatic rings. The zero-order valence-corrected chi connectivity index (χ0v) is 17.1. The molecular weight excluding hydrogens is 418 g/mol. The molecule has 0 fully saturated rings. The second kappa shape index (κ2) is 6.21. The summed E-state index contributed by atoms with van der Waals surface area (Å²) in [7, 11) is 0. The zero-order valence-electron chi connectivity index (χ0n) is 15.5. The Bertz CT molecular complexity index is 1060. The van der Waals surface area contributed by atoms with Crippen LogP contribution in [0.1, 0.15) is 31.7 Å². The lowest BCUT2D eigenvalue weighted by Crippen LogP contribution is -2.50. The van der Waals surface area contributed by atoms with Crippen molar-refractivity contribution in [3.05, 3.63) is 63.8 Å². The standard InChI is InChI=1S/C22H20BrN3O2/c1-2-26-18-11-10-13(23)12-14(18)22(21(26)28)20-17(8-5-9-19(20)27)24-15-6-3-4-7-16(15)25-22/h3-4,6-7,10-12,24-25H,2,5,8-9H2,1H3. The zero-order chi connectivity index (χ0) is 19.5. The normalized spacial score (nSPS) is 23.0. The molecule has 28 heavy (non-hydrogen) atoms. The van der Waals surface area contributed by atoms with Gasteiger partial charge in [0, 0.05) is 28.7 Å². The number of hydrogen-bond donors (Lipinski definition) is 2. The molecule has 0 saturated carbocycles. The van der Waals surface area contributed by atoms with Gasteiger partial charge in [0.05, 0.1) is 22.6 Å². The highest BCUT2D eigenvalue weighted by Gasteiger charge is 2.57. The predicted octanol–water partition coefficient (Wildman–Crippen LogP) is 4.56. The molecule has 5 nitrogen and oxygen atoms in total. The maximum Gasteiger partial charge on any atom is 0.262 e. The van der Waals surface area contributed by atoms with Crippen LogP contribution >= 0.6 is 15.9 Å². The average molecular weight is 438 g/mol. The molecule has 0 bridgehead atoms. The van der Waals surface area contributed by atoms with Crippen LogP contribution in [-0.2, 0) is 15.1 Å². The summed E-state index contributed by atoms with van der Waals surface area (Å²) in [5, 5.41) is 6.96. The highest BCUT2D eigenvalue weighted by molar-refractivity contribution is 9.10. The molecular formula is C22H20BrN3O2. The van der Waals surface area contributed by atoms with Crippen LogP contribution in [0.3, 0.4) is 0 Å². The van der Waals surface area contributed by atoms with E-state index in [1.807, 2.05) is 49.4 Å². The minimum absolute atomic E-state index is 0.0336. The summed E-state index contributed by atoms with van der Waals surface area (Å²) in [6.07, 6.45) is 2.00. The molecule has 2 N–H and O–H groups in total. The van der Waals surface area contributed by atoms with Crippen molar-refractivity contribution in [1.29, 1.82) is 0 Å². The first-order valence-electron chi connectivity index (χ1n) is 9.59. The van der Waals surface area contributed by atoms with Crippen LogP contribution in [0.5, 0.6) is 0 Å². The first-order chi connectivity index (χ1) is 13.6. The van der Waals surface area contributed by atoms with Gasteiger partial charge in [0.25, 0.3) is 5.91 Å². The smallest absolute Gasteiger partial charge is 0.262 e. The van der Waals surface area contributed by atoms with E-state index in [2.05, 4.69) is 26.6 Å². The van der Waals surface area contributed by atoms with Crippen molar-refractivity contribution in [1.82, 2.24) is 0 Å². The summed E-state index contributed by atoms with van der Waals surface area (Å²) in [5.74, 6) is -0.0596. The maximum absolute atomic E-state index is 13.9. The van der Waals surface area contributed by atoms with E-state index < -0.39 is 5.54 Å². The highest BCUT2D eigenvalue weighted by atomic mass is 79.9. The number of hydrogen-bond acceptors (Lipinski definition) is 4. The number of allylic oxidation sites excluding steroid dienone is 1. The fourth-order valence-electron chi connectivity index (χ4n) is 4.68. The number of carbonyl (C=O) groups is 2. The molecule has 2 aliphatic heterocycles. The number of nitrogens with one attached hydrogen (secondary N) is 2. The van der Waals surface area contributed by atoms with E-state index in [1.165, 1.54) is 0 Å². The number of fused-ring (bicyclic) bond motifs is 4. The summed E-state index contributed by atoms with van der Waals surface area (Å²) in [4.78, 5) is 28.9. The number of Topliss-reactive ketones (excluding diaryl/α,β-unsaturated/α-hetero) is 1. The van der Waals surface area contributed by atoms with Gasteiger partial charge in [-0.15, -0.1) is 0 Å². The van der Waals surface area contributed by atoms with Gasteiger partial charge in [0.2, 0.25) is 0 Å². The fourth-order valence-corrected chi connectivity index (χ4v) is 5.04. The third kappa shape index (κ3) is 2.24. The Labute approximate surface area is 171 Å². The Morgan fingerprint density at radius 2 is 1.89 bits per heavy atom. The van der Waals surface area contributed by atoms with Gasteiger partial charge in [-0.05, 0) is 50.1 Å². The maximum atomic E-state index is 13.9. The van der Waals surface area contributed by atoms with Crippen molar-refractivity contribution in [3.8, 4) is 0 Å². The third-order valence-electron chi connectivity index (χ3n) is 5.86. The van der Waals surface area contributed by atoms with E-state index in [4.69, 9.17) is 0 Å². The lowest BCUT2D eigenvalue weighted by molar-refractivity contribution is -0.124. The Balaban J connectivity index is 1.87. The number of halogens is 1. The summed E-state index contributed by atoms with van der Waals surface area (Å²) < 4.78 is 0.883. The lowest BCUT2D eigenvalue weighted by atomic mass is 9.76. The molecule has 0 aromatic heterocycles. The second-order valence-electron chi connectivity index (χ2n) is 7.39. The first kappa shape index (κ1) is 17.5. The van der Waals surface area contributed by atoms with Crippen molar-refractivity contribution >= 4 is 44.7 Å². The number of rotatable bonds is 1. The molecule has 3 aliphatic rings. The molecule has 1 atom stereocenters. The van der Waals surface area contributed by atoms with Crippen LogP contribution in [0.25, 0.3) is 0 Å². The number of likely N-dealkylation sites (N-methyl/N-ethyl adjacent to an activating group) is 1. The molecule has 1 amide bonds. The van der Waals surface area contributed by atoms with Gasteiger partial charge in [-0.1, -0.05) is 28.1 Å². The van der Waals surface area contributed by atoms with Crippen molar-refractivity contribution < 1.29 is 9.59 Å². The van der Waals surface area contributed by atoms with E-state index >= 15 is 0 Å². The minimum atomic E-state index is -1.21. The molecule has 2 aromatic carbocycles. The third-order valence-corrected chi connectivity index (χ3v) is 6.35. The number of benzene rings is 2. The quantitative estimate of drug-likeness (QED) is 0.686. The summed E-state index contributed by atoms with van der Waals surface area (Å²) in [5.41, 5.74) is 3.61. The van der Waals surface area contributed by atoms with Gasteiger partial charge in [0.15, 0.2) is 11.3 Å². The Kier molecular flexibility index (Phi) is 3.88. The highest BCUT2D eigenvalue weighted by Crippen LogP contribution is 2.52. The number of ketones is 1. The van der Waals surface area contributed by atoms with E-state index in [9.17, 15) is 9.59 Å². The molecule has 6 heteroatoms. The van der Waals surface area contributed by atoms with E-state index in [1.54, 1.807) is 4.90 Å². The molecule has 0 radical (unpaired) electrons. The van der Waals surface area contributed by atoms with Crippen molar-refractivity contribution in [2.75, 3.05) is 22.1 Å². The number of carbonyl (C=O) groups excluding carboxylic acids is 2. The largest absolute Gasteiger partial charge is 0.362 e. The molecule has 5 rings (SSSR count). The van der Waals surface area contributed by atoms with Crippen molar-refractivity contribution in [3.63, 3.8) is 0 Å². The van der Waals surface area contributed by atoms with E-state index in [-0.39, 0.29) is 11.7 Å². The van der Waals surface area contributed by atoms with Gasteiger partial charge in [-0.2, -0.15) is 0 Å². The van der Waals surface area contributed by atoms with Gasteiger partial charge in [0.1, 0.15) is 0 Å². The van der Waals surface area contributed by atoms with Crippen LogP contribution in [0.4, 0.5) is 17.1 Å². The number of amides is 1. The van der Waals surface area contributed by atoms with Crippen LogP contribution in [0, 0.1) is 0 Å². The minimum Gasteiger partial charge on any atom is -0.362 e. The molecule has 2 heterocycles. The SMILES string of the molecule is CCN1C(=O)C2(Nc3ccccc3NC3=C2C(=O)CCC3)c2cc(Br)ccc21. The van der Waals surface area contributed by atoms with Crippen molar-refractivity contribution in [2.24, 2.45) is 0 Å². The molecule has 1 aliphatic carbocycles. The number of para-hydroxylation sites is 2. The van der Waals surface area contributed by atoms with Crippen LogP contribution in [-0.4, -0.2) is 18.2 Å². The lowest BCUT2D eigenvalue weighted by Gasteiger charge is -2.34. The van der Waals surface area contributed by atoms with Crippen molar-refractivity contribution in [2.45, 2.75) is 31.7 Å². The Morgan fingerprint density at radius 3 is 2.68 bits per heavy atom. The Hall–Kier alpha value is -2.60. The van der Waals surface area contributed by atoms with E-state index in [0.717, 1.165) is 45.6 Å². The van der Waals surface area contributed by atoms with Gasteiger partial charge in [-0.25, -0.2) is 0 Å². The van der Waals surface area contributed by atoms with Crippen LogP contribution in [0.15, 0.2) is 58.2 Å². The molecule has 1 spiro atoms. The number of anilines is 3. The topological polar surface area (TPSA) is 61.4 Å². The van der Waals surface area contributed by atoms with Gasteiger partial charge in [-0.3, -0.25) is 9.59 Å². The van der Waals surface area contributed by atoms with Gasteiger partial charge < -0.3 is 15.5 Å².